The smallest absolute Gasteiger partial charge is 0.0547 e. The summed E-state index contributed by atoms with van der Waals surface area (Å²) >= 11 is 0. The predicted molar refractivity (Wildman–Crippen MR) is 63.6 cm³/mol. The molecule has 0 saturated carbocycles. The number of ether oxygens (including phenoxy) is 1. The van der Waals surface area contributed by atoms with Crippen molar-refractivity contribution in [1.29, 1.82) is 0 Å². The van der Waals surface area contributed by atoms with Crippen molar-refractivity contribution in [3.05, 3.63) is 0 Å². The van der Waals surface area contributed by atoms with E-state index in [1.54, 1.807) is 0 Å². The molecule has 0 N–H and O–H groups in total. The molecule has 0 aromatic rings. The van der Waals surface area contributed by atoms with Crippen LogP contribution in [0.15, 0.2) is 0 Å². The van der Waals surface area contributed by atoms with Crippen molar-refractivity contribution < 1.29 is 4.74 Å². The summed E-state index contributed by atoms with van der Waals surface area (Å²) in [7, 11) is 0. The maximum Gasteiger partial charge on any atom is 0.0547 e. The van der Waals surface area contributed by atoms with Crippen molar-refractivity contribution in [3.63, 3.8) is 0 Å². The van der Waals surface area contributed by atoms with Crippen LogP contribution in [0.2, 0.25) is 0 Å². The molecule has 0 bridgehead atoms. The van der Waals surface area contributed by atoms with Crippen LogP contribution in [-0.2, 0) is 4.74 Å². The summed E-state index contributed by atoms with van der Waals surface area (Å²) in [5.74, 6) is 0.853. The highest BCUT2D eigenvalue weighted by atomic mass is 16.5. The van der Waals surface area contributed by atoms with E-state index in [1.807, 2.05) is 0 Å². The van der Waals surface area contributed by atoms with Gasteiger partial charge < -0.3 is 4.74 Å². The molecule has 0 radical (unpaired) electrons. The topological polar surface area (TPSA) is 9.23 Å². The second kappa shape index (κ2) is 9.51. The van der Waals surface area contributed by atoms with Crippen LogP contribution in [0.5, 0.6) is 0 Å². The summed E-state index contributed by atoms with van der Waals surface area (Å²) < 4.78 is 5.69. The van der Waals surface area contributed by atoms with E-state index in [9.17, 15) is 0 Å². The van der Waals surface area contributed by atoms with Crippen LogP contribution < -0.4 is 0 Å². The predicted octanol–water partition coefficient (Wildman–Crippen LogP) is 4.41. The van der Waals surface area contributed by atoms with Gasteiger partial charge in [0, 0.05) is 6.61 Å². The Kier molecular flexibility index (Phi) is 9.49. The molecule has 0 saturated heterocycles. The summed E-state index contributed by atoms with van der Waals surface area (Å²) in [5.41, 5.74) is 0. The van der Waals surface area contributed by atoms with Gasteiger partial charge in [0.05, 0.1) is 6.10 Å². The lowest BCUT2D eigenvalue weighted by molar-refractivity contribution is 0.0564. The maximum atomic E-state index is 5.69. The fourth-order valence-electron chi connectivity index (χ4n) is 1.50. The van der Waals surface area contributed by atoms with E-state index in [-0.39, 0.29) is 0 Å². The number of hydrogen-bond acceptors (Lipinski definition) is 1. The molecule has 1 atom stereocenters. The lowest BCUT2D eigenvalue weighted by atomic mass is 10.0. The van der Waals surface area contributed by atoms with E-state index < -0.39 is 0 Å². The van der Waals surface area contributed by atoms with E-state index in [4.69, 9.17) is 4.74 Å². The molecule has 0 aromatic heterocycles. The van der Waals surface area contributed by atoms with E-state index in [0.717, 1.165) is 12.5 Å². The summed E-state index contributed by atoms with van der Waals surface area (Å²) in [4.78, 5) is 0. The van der Waals surface area contributed by atoms with Crippen LogP contribution >= 0.6 is 0 Å². The summed E-state index contributed by atoms with van der Waals surface area (Å²) in [6.45, 7) is 9.94. The van der Waals surface area contributed by atoms with Gasteiger partial charge in [-0.05, 0) is 25.7 Å². The normalized spacial score (nSPS) is 13.5. The Hall–Kier alpha value is -0.0400. The minimum Gasteiger partial charge on any atom is -0.379 e. The zero-order valence-corrected chi connectivity index (χ0v) is 10.5. The summed E-state index contributed by atoms with van der Waals surface area (Å²) in [5, 5.41) is 0. The summed E-state index contributed by atoms with van der Waals surface area (Å²) in [6.07, 6.45) is 8.19. The molecule has 0 heterocycles. The van der Waals surface area contributed by atoms with Gasteiger partial charge in [0.2, 0.25) is 0 Å². The number of hydrogen-bond donors (Lipinski definition) is 0. The van der Waals surface area contributed by atoms with Crippen molar-refractivity contribution in [2.45, 2.75) is 72.3 Å². The van der Waals surface area contributed by atoms with Crippen LogP contribution in [0.4, 0.5) is 0 Å². The van der Waals surface area contributed by atoms with Crippen LogP contribution in [0.3, 0.4) is 0 Å². The van der Waals surface area contributed by atoms with E-state index in [2.05, 4.69) is 27.7 Å². The molecule has 14 heavy (non-hydrogen) atoms. The second-order valence-electron chi connectivity index (χ2n) is 4.71. The second-order valence-corrected chi connectivity index (χ2v) is 4.71. The Morgan fingerprint density at radius 3 is 2.14 bits per heavy atom. The third-order valence-corrected chi connectivity index (χ3v) is 2.54. The molecule has 0 aliphatic rings. The van der Waals surface area contributed by atoms with E-state index in [0.29, 0.717) is 6.10 Å². The summed E-state index contributed by atoms with van der Waals surface area (Å²) in [6, 6.07) is 0. The first-order chi connectivity index (χ1) is 6.66. The zero-order valence-electron chi connectivity index (χ0n) is 10.5. The largest absolute Gasteiger partial charge is 0.379 e. The number of unbranched alkanes of at least 4 members (excludes halogenated alkanes) is 2. The van der Waals surface area contributed by atoms with Crippen LogP contribution in [0.25, 0.3) is 0 Å². The van der Waals surface area contributed by atoms with Crippen molar-refractivity contribution in [2.75, 3.05) is 6.61 Å². The molecule has 0 rings (SSSR count). The lowest BCUT2D eigenvalue weighted by Crippen LogP contribution is -2.09. The molecule has 1 unspecified atom stereocenters. The third kappa shape index (κ3) is 10.0. The molecule has 1 heteroatoms. The van der Waals surface area contributed by atoms with Crippen molar-refractivity contribution in [1.82, 2.24) is 0 Å². The van der Waals surface area contributed by atoms with Gasteiger partial charge >= 0.3 is 0 Å². The van der Waals surface area contributed by atoms with Crippen molar-refractivity contribution in [2.24, 2.45) is 5.92 Å². The van der Waals surface area contributed by atoms with Gasteiger partial charge in [-0.15, -0.1) is 0 Å². The molecule has 0 aliphatic heterocycles. The highest BCUT2D eigenvalue weighted by molar-refractivity contribution is 4.53. The Balaban J connectivity index is 3.14. The Morgan fingerprint density at radius 2 is 1.57 bits per heavy atom. The molecule has 86 valence electrons. The van der Waals surface area contributed by atoms with Crippen LogP contribution in [-0.4, -0.2) is 12.7 Å². The molecule has 0 spiro atoms. The first-order valence-corrected chi connectivity index (χ1v) is 6.28. The molecular formula is C13H28O. The fourth-order valence-corrected chi connectivity index (χ4v) is 1.50. The van der Waals surface area contributed by atoms with Gasteiger partial charge in [0.25, 0.3) is 0 Å². The minimum absolute atomic E-state index is 0.466. The van der Waals surface area contributed by atoms with Gasteiger partial charge in [-0.25, -0.2) is 0 Å². The van der Waals surface area contributed by atoms with E-state index in [1.165, 1.54) is 38.5 Å². The van der Waals surface area contributed by atoms with E-state index >= 15 is 0 Å². The van der Waals surface area contributed by atoms with Crippen molar-refractivity contribution >= 4 is 0 Å². The van der Waals surface area contributed by atoms with Crippen LogP contribution in [0, 0.1) is 5.92 Å². The molecule has 0 aromatic carbocycles. The molecule has 0 amide bonds. The Morgan fingerprint density at radius 1 is 0.929 bits per heavy atom. The standard InChI is InChI=1S/C13H28O/c1-5-6-11-14-13(4)10-8-7-9-12(2)3/h12-13H,5-11H2,1-4H3. The Bertz CT molecular complexity index is 110. The molecule has 0 fully saturated rings. The van der Waals surface area contributed by atoms with Gasteiger partial charge in [0.15, 0.2) is 0 Å². The van der Waals surface area contributed by atoms with Crippen LogP contribution in [0.1, 0.15) is 66.2 Å². The SMILES string of the molecule is CCCCOC(C)CCCCC(C)C. The zero-order chi connectivity index (χ0) is 10.8. The first-order valence-electron chi connectivity index (χ1n) is 6.28. The van der Waals surface area contributed by atoms with Gasteiger partial charge in [-0.3, -0.25) is 0 Å². The third-order valence-electron chi connectivity index (χ3n) is 2.54. The Labute approximate surface area is 90.2 Å². The molecule has 1 nitrogen and oxygen atoms in total. The molecular weight excluding hydrogens is 172 g/mol. The van der Waals surface area contributed by atoms with Gasteiger partial charge in [-0.1, -0.05) is 46.5 Å². The van der Waals surface area contributed by atoms with Gasteiger partial charge in [-0.2, -0.15) is 0 Å². The highest BCUT2D eigenvalue weighted by Crippen LogP contribution is 2.11. The monoisotopic (exact) mass is 200 g/mol. The average molecular weight is 200 g/mol. The lowest BCUT2D eigenvalue weighted by Gasteiger charge is -2.12. The van der Waals surface area contributed by atoms with Gasteiger partial charge in [0.1, 0.15) is 0 Å². The highest BCUT2D eigenvalue weighted by Gasteiger charge is 2.01. The average Bonchev–Trinajstić information content (AvgIpc) is 2.13. The minimum atomic E-state index is 0.466. The molecule has 0 aliphatic carbocycles. The number of rotatable bonds is 9. The maximum absolute atomic E-state index is 5.69. The quantitative estimate of drug-likeness (QED) is 0.501. The fraction of sp³-hybridized carbons (Fsp3) is 1.00. The first kappa shape index (κ1) is 14.0. The van der Waals surface area contributed by atoms with Crippen molar-refractivity contribution in [3.8, 4) is 0 Å².